The lowest BCUT2D eigenvalue weighted by atomic mass is 9.97. The summed E-state index contributed by atoms with van der Waals surface area (Å²) in [5.74, 6) is -2.22. The van der Waals surface area contributed by atoms with E-state index < -0.39 is 22.7 Å². The van der Waals surface area contributed by atoms with Gasteiger partial charge in [-0.25, -0.2) is 0 Å². The van der Waals surface area contributed by atoms with Crippen LogP contribution in [0.3, 0.4) is 0 Å². The van der Waals surface area contributed by atoms with Crippen molar-refractivity contribution in [2.45, 2.75) is 12.8 Å². The number of rotatable bonds is 3. The summed E-state index contributed by atoms with van der Waals surface area (Å²) in [6.07, 6.45) is 1.03. The number of halogens is 1. The van der Waals surface area contributed by atoms with Crippen LogP contribution in [0.15, 0.2) is 18.2 Å². The zero-order valence-corrected chi connectivity index (χ0v) is 11.7. The lowest BCUT2D eigenvalue weighted by molar-refractivity contribution is -0.385. The molecule has 1 amide bonds. The second kappa shape index (κ2) is 6.09. The van der Waals surface area contributed by atoms with E-state index >= 15 is 0 Å². The third-order valence-electron chi connectivity index (χ3n) is 3.46. The number of benzene rings is 1. The number of likely N-dealkylation sites (tertiary alicyclic amines) is 1. The number of amides is 1. The largest absolute Gasteiger partial charge is 0.481 e. The monoisotopic (exact) mass is 312 g/mol. The van der Waals surface area contributed by atoms with E-state index in [-0.39, 0.29) is 22.8 Å². The summed E-state index contributed by atoms with van der Waals surface area (Å²) in [4.78, 5) is 35.1. The van der Waals surface area contributed by atoms with E-state index in [1.165, 1.54) is 23.1 Å². The van der Waals surface area contributed by atoms with Crippen LogP contribution < -0.4 is 0 Å². The molecule has 0 aliphatic carbocycles. The molecule has 2 rings (SSSR count). The molecule has 21 heavy (non-hydrogen) atoms. The molecule has 0 aromatic heterocycles. The van der Waals surface area contributed by atoms with Gasteiger partial charge < -0.3 is 10.0 Å². The van der Waals surface area contributed by atoms with Crippen molar-refractivity contribution in [2.24, 2.45) is 5.92 Å². The average molecular weight is 313 g/mol. The summed E-state index contributed by atoms with van der Waals surface area (Å²) < 4.78 is 0. The molecule has 1 aliphatic rings. The van der Waals surface area contributed by atoms with E-state index in [0.717, 1.165) is 0 Å². The zero-order valence-electron chi connectivity index (χ0n) is 11.0. The Bertz CT molecular complexity index is 604. The summed E-state index contributed by atoms with van der Waals surface area (Å²) in [7, 11) is 0. The second-order valence-electron chi connectivity index (χ2n) is 4.82. The molecule has 1 unspecified atom stereocenters. The maximum atomic E-state index is 12.5. The molecular weight excluding hydrogens is 300 g/mol. The third-order valence-corrected chi connectivity index (χ3v) is 3.77. The Kier molecular flexibility index (Phi) is 4.42. The minimum absolute atomic E-state index is 0.00773. The molecule has 1 atom stereocenters. The van der Waals surface area contributed by atoms with Crippen LogP contribution in [0.1, 0.15) is 23.2 Å². The number of piperidine rings is 1. The molecule has 1 aromatic carbocycles. The molecule has 0 bridgehead atoms. The normalized spacial score (nSPS) is 18.3. The number of nitrogens with zero attached hydrogens (tertiary/aromatic N) is 2. The molecule has 0 radical (unpaired) electrons. The fourth-order valence-electron chi connectivity index (χ4n) is 2.40. The Hall–Kier alpha value is -2.15. The summed E-state index contributed by atoms with van der Waals surface area (Å²) in [6.45, 7) is 0.404. The SMILES string of the molecule is O=C(O)C1CCCN(C(=O)c2c(Cl)cccc2[N+](=O)[O-])C1. The Labute approximate surface area is 125 Å². The van der Waals surface area contributed by atoms with E-state index in [0.29, 0.717) is 19.4 Å². The molecule has 1 N–H and O–H groups in total. The van der Waals surface area contributed by atoms with Crippen LogP contribution in [0.4, 0.5) is 5.69 Å². The maximum absolute atomic E-state index is 12.5. The van der Waals surface area contributed by atoms with Gasteiger partial charge in [-0.05, 0) is 18.9 Å². The summed E-state index contributed by atoms with van der Waals surface area (Å²) in [5.41, 5.74) is -0.555. The molecule has 8 heteroatoms. The van der Waals surface area contributed by atoms with E-state index in [1.54, 1.807) is 0 Å². The van der Waals surface area contributed by atoms with Gasteiger partial charge in [0.1, 0.15) is 5.56 Å². The molecule has 0 saturated carbocycles. The Balaban J connectivity index is 2.32. The Morgan fingerprint density at radius 3 is 2.76 bits per heavy atom. The Morgan fingerprint density at radius 2 is 2.14 bits per heavy atom. The average Bonchev–Trinajstić information content (AvgIpc) is 2.46. The molecule has 1 aromatic rings. The fraction of sp³-hybridized carbons (Fsp3) is 0.385. The predicted octanol–water partition coefficient (Wildman–Crippen LogP) is 2.18. The number of nitro benzene ring substituents is 1. The molecule has 1 heterocycles. The van der Waals surface area contributed by atoms with Crippen LogP contribution in [0.25, 0.3) is 0 Å². The van der Waals surface area contributed by atoms with Gasteiger partial charge in [0.15, 0.2) is 0 Å². The van der Waals surface area contributed by atoms with Crippen LogP contribution in [0.5, 0.6) is 0 Å². The molecule has 1 aliphatic heterocycles. The maximum Gasteiger partial charge on any atom is 0.308 e. The number of carbonyl (C=O) groups is 2. The van der Waals surface area contributed by atoms with E-state index in [1.807, 2.05) is 0 Å². The lowest BCUT2D eigenvalue weighted by Gasteiger charge is -2.30. The summed E-state index contributed by atoms with van der Waals surface area (Å²) in [6, 6.07) is 4.01. The van der Waals surface area contributed by atoms with Crippen LogP contribution in [-0.2, 0) is 4.79 Å². The number of hydrogen-bond donors (Lipinski definition) is 1. The standard InChI is InChI=1S/C13H13ClN2O5/c14-9-4-1-5-10(16(20)21)11(9)12(17)15-6-2-3-8(7-15)13(18)19/h1,4-5,8H,2-3,6-7H2,(H,18,19). The topological polar surface area (TPSA) is 101 Å². The summed E-state index contributed by atoms with van der Waals surface area (Å²) in [5, 5.41) is 20.0. The highest BCUT2D eigenvalue weighted by Gasteiger charge is 2.32. The molecule has 7 nitrogen and oxygen atoms in total. The highest BCUT2D eigenvalue weighted by Crippen LogP contribution is 2.29. The van der Waals surface area contributed by atoms with Crippen molar-refractivity contribution in [2.75, 3.05) is 13.1 Å². The van der Waals surface area contributed by atoms with E-state index in [2.05, 4.69) is 0 Å². The van der Waals surface area contributed by atoms with Gasteiger partial charge in [0.05, 0.1) is 15.9 Å². The van der Waals surface area contributed by atoms with Crippen molar-refractivity contribution < 1.29 is 19.6 Å². The first-order valence-electron chi connectivity index (χ1n) is 6.36. The van der Waals surface area contributed by atoms with Crippen molar-refractivity contribution >= 4 is 29.2 Å². The highest BCUT2D eigenvalue weighted by atomic mass is 35.5. The van der Waals surface area contributed by atoms with Crippen molar-refractivity contribution in [1.82, 2.24) is 4.90 Å². The van der Waals surface area contributed by atoms with Gasteiger partial charge >= 0.3 is 5.97 Å². The van der Waals surface area contributed by atoms with Gasteiger partial charge in [-0.2, -0.15) is 0 Å². The third kappa shape index (κ3) is 3.13. The first-order chi connectivity index (χ1) is 9.91. The summed E-state index contributed by atoms with van der Waals surface area (Å²) >= 11 is 5.92. The quantitative estimate of drug-likeness (QED) is 0.681. The zero-order chi connectivity index (χ0) is 15.6. The van der Waals surface area contributed by atoms with Crippen LogP contribution in [0, 0.1) is 16.0 Å². The first kappa shape index (κ1) is 15.2. The first-order valence-corrected chi connectivity index (χ1v) is 6.74. The van der Waals surface area contributed by atoms with Crippen LogP contribution in [0.2, 0.25) is 5.02 Å². The van der Waals surface area contributed by atoms with Crippen molar-refractivity contribution in [3.63, 3.8) is 0 Å². The van der Waals surface area contributed by atoms with Gasteiger partial charge in [0, 0.05) is 19.2 Å². The van der Waals surface area contributed by atoms with Crippen LogP contribution >= 0.6 is 11.6 Å². The van der Waals surface area contributed by atoms with E-state index in [9.17, 15) is 19.7 Å². The van der Waals surface area contributed by atoms with Crippen molar-refractivity contribution in [1.29, 1.82) is 0 Å². The molecule has 0 spiro atoms. The number of hydrogen-bond acceptors (Lipinski definition) is 4. The minimum atomic E-state index is -0.971. The smallest absolute Gasteiger partial charge is 0.308 e. The lowest BCUT2D eigenvalue weighted by Crippen LogP contribution is -2.42. The van der Waals surface area contributed by atoms with Gasteiger partial charge in [-0.15, -0.1) is 0 Å². The van der Waals surface area contributed by atoms with Gasteiger partial charge in [-0.3, -0.25) is 19.7 Å². The Morgan fingerprint density at radius 1 is 1.43 bits per heavy atom. The number of carboxylic acids is 1. The number of carboxylic acid groups (broad SMARTS) is 1. The fourth-order valence-corrected chi connectivity index (χ4v) is 2.65. The second-order valence-corrected chi connectivity index (χ2v) is 5.23. The molecule has 1 saturated heterocycles. The van der Waals surface area contributed by atoms with Gasteiger partial charge in [0.25, 0.3) is 11.6 Å². The molecular formula is C13H13ClN2O5. The molecule has 1 fully saturated rings. The van der Waals surface area contributed by atoms with Gasteiger partial charge in [0.2, 0.25) is 0 Å². The highest BCUT2D eigenvalue weighted by molar-refractivity contribution is 6.34. The predicted molar refractivity (Wildman–Crippen MR) is 74.4 cm³/mol. The van der Waals surface area contributed by atoms with Crippen molar-refractivity contribution in [3.8, 4) is 0 Å². The van der Waals surface area contributed by atoms with E-state index in [4.69, 9.17) is 16.7 Å². The van der Waals surface area contributed by atoms with Gasteiger partial charge in [-0.1, -0.05) is 17.7 Å². The van der Waals surface area contributed by atoms with Crippen molar-refractivity contribution in [3.05, 3.63) is 38.9 Å². The number of nitro groups is 1. The molecule has 112 valence electrons. The number of aliphatic carboxylic acids is 1. The number of carbonyl (C=O) groups excluding carboxylic acids is 1. The minimum Gasteiger partial charge on any atom is -0.481 e. The van der Waals surface area contributed by atoms with Crippen LogP contribution in [-0.4, -0.2) is 39.9 Å².